The predicted octanol–water partition coefficient (Wildman–Crippen LogP) is 1.95. The molecule has 4 rings (SSSR count). The van der Waals surface area contributed by atoms with Gasteiger partial charge in [0.05, 0.1) is 19.9 Å². The summed E-state index contributed by atoms with van der Waals surface area (Å²) in [4.78, 5) is 37.2. The van der Waals surface area contributed by atoms with Gasteiger partial charge >= 0.3 is 17.9 Å². The molecule has 0 saturated carbocycles. The summed E-state index contributed by atoms with van der Waals surface area (Å²) in [5.74, 6) is 0.981. The maximum Gasteiger partial charge on any atom is 0.401 e. The number of nitrogens with zero attached hydrogens (tertiary/aromatic N) is 6. The van der Waals surface area contributed by atoms with Crippen molar-refractivity contribution in [3.8, 4) is 17.1 Å². The summed E-state index contributed by atoms with van der Waals surface area (Å²) in [5.41, 5.74) is 0.581. The smallest absolute Gasteiger partial charge is 0.401 e. The largest absolute Gasteiger partial charge is 0.497 e. The van der Waals surface area contributed by atoms with Crippen LogP contribution in [0.15, 0.2) is 35.3 Å². The molecule has 2 aromatic heterocycles. The Balaban J connectivity index is 1.62. The lowest BCUT2D eigenvalue weighted by Gasteiger charge is -2.34. The molecule has 3 aromatic rings. The summed E-state index contributed by atoms with van der Waals surface area (Å²) in [6, 6.07) is 6.51. The van der Waals surface area contributed by atoms with Crippen LogP contribution in [0.5, 0.6) is 5.75 Å². The highest BCUT2D eigenvalue weighted by Crippen LogP contribution is 2.23. The summed E-state index contributed by atoms with van der Waals surface area (Å²) in [5, 5.41) is 0. The Labute approximate surface area is 180 Å². The zero-order chi connectivity index (χ0) is 23.0. The first kappa shape index (κ1) is 21.8. The first-order valence-corrected chi connectivity index (χ1v) is 9.85. The van der Waals surface area contributed by atoms with E-state index in [1.54, 1.807) is 31.4 Å². The first-order valence-electron chi connectivity index (χ1n) is 9.85. The molecule has 12 heteroatoms. The fourth-order valence-electron chi connectivity index (χ4n) is 3.69. The van der Waals surface area contributed by atoms with Gasteiger partial charge in [-0.15, -0.1) is 0 Å². The van der Waals surface area contributed by atoms with Crippen molar-refractivity contribution in [2.75, 3.05) is 39.8 Å². The van der Waals surface area contributed by atoms with Gasteiger partial charge in [0, 0.05) is 38.8 Å². The van der Waals surface area contributed by atoms with Crippen LogP contribution in [0.25, 0.3) is 22.6 Å². The number of carbonyl (C=O) groups excluding carboxylic acids is 1. The van der Waals surface area contributed by atoms with Gasteiger partial charge in [0.15, 0.2) is 11.5 Å². The van der Waals surface area contributed by atoms with E-state index in [0.29, 0.717) is 17.1 Å². The minimum absolute atomic E-state index is 0.0707. The SMILES string of the molecule is COc1cccc(-c2ncc3c(n2)n(C)c(=O)n3C(=O)N2CCN(CC(F)(F)F)CC2)c1. The number of rotatable bonds is 3. The normalized spacial score (nSPS) is 15.3. The van der Waals surface area contributed by atoms with E-state index in [2.05, 4.69) is 9.97 Å². The lowest BCUT2D eigenvalue weighted by molar-refractivity contribution is -0.148. The molecule has 0 unspecified atom stereocenters. The van der Waals surface area contributed by atoms with E-state index in [0.717, 1.165) is 4.57 Å². The molecule has 3 heterocycles. The summed E-state index contributed by atoms with van der Waals surface area (Å²) in [6.07, 6.45) is -2.90. The van der Waals surface area contributed by atoms with E-state index in [9.17, 15) is 22.8 Å². The number of ether oxygens (including phenoxy) is 1. The summed E-state index contributed by atoms with van der Waals surface area (Å²) in [7, 11) is 3.04. The zero-order valence-corrected chi connectivity index (χ0v) is 17.5. The Hall–Kier alpha value is -3.41. The number of piperazine rings is 1. The molecule has 170 valence electrons. The molecule has 1 fully saturated rings. The molecule has 0 aliphatic carbocycles. The van der Waals surface area contributed by atoms with Crippen molar-refractivity contribution in [1.82, 2.24) is 28.9 Å². The number of methoxy groups -OCH3 is 1. The van der Waals surface area contributed by atoms with Crippen LogP contribution in [0.1, 0.15) is 0 Å². The lowest BCUT2D eigenvalue weighted by atomic mass is 10.2. The average molecular weight is 450 g/mol. The van der Waals surface area contributed by atoms with Gasteiger partial charge in [0.2, 0.25) is 0 Å². The number of fused-ring (bicyclic) bond motifs is 1. The van der Waals surface area contributed by atoms with Crippen LogP contribution in [0.4, 0.5) is 18.0 Å². The Morgan fingerprint density at radius 1 is 1.19 bits per heavy atom. The molecule has 9 nitrogen and oxygen atoms in total. The Morgan fingerprint density at radius 2 is 1.91 bits per heavy atom. The third kappa shape index (κ3) is 4.17. The van der Waals surface area contributed by atoms with Crippen molar-refractivity contribution in [3.05, 3.63) is 40.9 Å². The molecule has 1 amide bonds. The average Bonchev–Trinajstić information content (AvgIpc) is 3.02. The zero-order valence-electron chi connectivity index (χ0n) is 17.5. The molecule has 1 saturated heterocycles. The monoisotopic (exact) mass is 450 g/mol. The van der Waals surface area contributed by atoms with Gasteiger partial charge in [0.1, 0.15) is 11.3 Å². The van der Waals surface area contributed by atoms with E-state index in [1.165, 1.54) is 27.6 Å². The second-order valence-corrected chi connectivity index (χ2v) is 7.47. The fourth-order valence-corrected chi connectivity index (χ4v) is 3.69. The summed E-state index contributed by atoms with van der Waals surface area (Å²) < 4.78 is 45.2. The number of amides is 1. The van der Waals surface area contributed by atoms with Crippen molar-refractivity contribution in [2.45, 2.75) is 6.18 Å². The Kier molecular flexibility index (Phi) is 5.63. The van der Waals surface area contributed by atoms with Crippen LogP contribution in [-0.2, 0) is 7.05 Å². The minimum atomic E-state index is -4.30. The molecular weight excluding hydrogens is 429 g/mol. The van der Waals surface area contributed by atoms with E-state index < -0.39 is 24.4 Å². The quantitative estimate of drug-likeness (QED) is 0.607. The maximum absolute atomic E-state index is 13.0. The number of aryl methyl sites for hydroxylation is 1. The van der Waals surface area contributed by atoms with E-state index >= 15 is 0 Å². The molecule has 1 aliphatic rings. The second-order valence-electron chi connectivity index (χ2n) is 7.47. The molecular formula is C20H21F3N6O3. The standard InChI is InChI=1S/C20H21F3N6O3/c1-26-17-15(11-24-16(25-17)13-4-3-5-14(10-13)32-2)29(18(26)30)19(31)28-8-6-27(7-9-28)12-20(21,22)23/h3-5,10-11H,6-9,12H2,1-2H3. The van der Waals surface area contributed by atoms with Gasteiger partial charge in [-0.3, -0.25) is 9.47 Å². The van der Waals surface area contributed by atoms with Gasteiger partial charge in [0.25, 0.3) is 0 Å². The highest BCUT2D eigenvalue weighted by molar-refractivity contribution is 5.88. The topological polar surface area (TPSA) is 85.5 Å². The Bertz CT molecular complexity index is 1210. The Morgan fingerprint density at radius 3 is 2.56 bits per heavy atom. The fraction of sp³-hybridized carbons (Fsp3) is 0.400. The number of alkyl halides is 3. The molecule has 0 radical (unpaired) electrons. The van der Waals surface area contributed by atoms with Crippen molar-refractivity contribution in [3.63, 3.8) is 0 Å². The van der Waals surface area contributed by atoms with Gasteiger partial charge in [-0.1, -0.05) is 12.1 Å². The maximum atomic E-state index is 13.0. The van der Waals surface area contributed by atoms with Crippen LogP contribution in [0, 0.1) is 0 Å². The van der Waals surface area contributed by atoms with Gasteiger partial charge in [-0.05, 0) is 12.1 Å². The minimum Gasteiger partial charge on any atom is -0.497 e. The van der Waals surface area contributed by atoms with E-state index in [-0.39, 0.29) is 37.3 Å². The summed E-state index contributed by atoms with van der Waals surface area (Å²) in [6.45, 7) is -0.715. The first-order chi connectivity index (χ1) is 15.2. The molecule has 32 heavy (non-hydrogen) atoms. The van der Waals surface area contributed by atoms with Crippen molar-refractivity contribution in [1.29, 1.82) is 0 Å². The number of carbonyl (C=O) groups is 1. The highest BCUT2D eigenvalue weighted by Gasteiger charge is 2.33. The third-order valence-electron chi connectivity index (χ3n) is 5.35. The molecule has 0 atom stereocenters. The number of hydrogen-bond acceptors (Lipinski definition) is 6. The number of halogens is 3. The number of imidazole rings is 1. The number of benzene rings is 1. The van der Waals surface area contributed by atoms with Gasteiger partial charge in [-0.2, -0.15) is 13.2 Å². The van der Waals surface area contributed by atoms with Crippen molar-refractivity contribution in [2.24, 2.45) is 7.05 Å². The molecule has 0 bridgehead atoms. The number of aromatic nitrogens is 4. The van der Waals surface area contributed by atoms with Gasteiger partial charge in [-0.25, -0.2) is 24.1 Å². The lowest BCUT2D eigenvalue weighted by Crippen LogP contribution is -2.52. The highest BCUT2D eigenvalue weighted by atomic mass is 19.4. The molecule has 1 aliphatic heterocycles. The van der Waals surface area contributed by atoms with Crippen molar-refractivity contribution < 1.29 is 22.7 Å². The molecule has 1 aromatic carbocycles. The summed E-state index contributed by atoms with van der Waals surface area (Å²) >= 11 is 0. The van der Waals surface area contributed by atoms with E-state index in [1.807, 2.05) is 0 Å². The molecule has 0 N–H and O–H groups in total. The van der Waals surface area contributed by atoms with Crippen LogP contribution in [0.2, 0.25) is 0 Å². The van der Waals surface area contributed by atoms with E-state index in [4.69, 9.17) is 4.74 Å². The molecule has 0 spiro atoms. The second kappa shape index (κ2) is 8.26. The van der Waals surface area contributed by atoms with Crippen LogP contribution < -0.4 is 10.4 Å². The van der Waals surface area contributed by atoms with Gasteiger partial charge < -0.3 is 9.64 Å². The van der Waals surface area contributed by atoms with Crippen LogP contribution >= 0.6 is 0 Å². The van der Waals surface area contributed by atoms with Crippen molar-refractivity contribution >= 4 is 17.2 Å². The number of hydrogen-bond donors (Lipinski definition) is 0. The van der Waals surface area contributed by atoms with Crippen LogP contribution in [-0.4, -0.2) is 80.9 Å². The predicted molar refractivity (Wildman–Crippen MR) is 110 cm³/mol. The van der Waals surface area contributed by atoms with Crippen LogP contribution in [0.3, 0.4) is 0 Å². The third-order valence-corrected chi connectivity index (χ3v) is 5.35.